The third kappa shape index (κ3) is 4.43. The summed E-state index contributed by atoms with van der Waals surface area (Å²) < 4.78 is 23.4. The van der Waals surface area contributed by atoms with E-state index in [0.29, 0.717) is 0 Å². The number of hydrogen-bond acceptors (Lipinski definition) is 4. The highest BCUT2D eigenvalue weighted by atomic mass is 35.5. The van der Waals surface area contributed by atoms with E-state index in [1.165, 1.54) is 6.07 Å². The Morgan fingerprint density at radius 2 is 2.00 bits per heavy atom. The molecule has 0 bridgehead atoms. The van der Waals surface area contributed by atoms with Crippen LogP contribution in [0.3, 0.4) is 0 Å². The van der Waals surface area contributed by atoms with Crippen molar-refractivity contribution < 1.29 is 13.2 Å². The lowest BCUT2D eigenvalue weighted by Crippen LogP contribution is -2.52. The Hall–Kier alpha value is -1.11. The predicted octanol–water partition coefficient (Wildman–Crippen LogP) is 1.38. The minimum Gasteiger partial charge on any atom is -0.348 e. The van der Waals surface area contributed by atoms with Crippen LogP contribution >= 0.6 is 12.4 Å². The Kier molecular flexibility index (Phi) is 6.19. The zero-order valence-corrected chi connectivity index (χ0v) is 13.8. The highest BCUT2D eigenvalue weighted by Crippen LogP contribution is 2.16. The molecule has 1 aliphatic heterocycles. The monoisotopic (exact) mass is 332 g/mol. The molecule has 0 spiro atoms. The molecule has 0 aliphatic carbocycles. The summed E-state index contributed by atoms with van der Waals surface area (Å²) in [5, 5.41) is 6.23. The Bertz CT molecular complexity index is 604. The van der Waals surface area contributed by atoms with Crippen LogP contribution in [0.25, 0.3) is 0 Å². The van der Waals surface area contributed by atoms with Crippen molar-refractivity contribution in [3.63, 3.8) is 0 Å². The first-order valence-electron chi connectivity index (χ1n) is 6.73. The van der Waals surface area contributed by atoms with Gasteiger partial charge in [-0.3, -0.25) is 4.79 Å². The number of amides is 1. The lowest BCUT2D eigenvalue weighted by atomic mass is 9.99. The number of carbonyl (C=O) groups excluding carboxylic acids is 1. The summed E-state index contributed by atoms with van der Waals surface area (Å²) in [5.74, 6) is -0.327. The molecule has 118 valence electrons. The van der Waals surface area contributed by atoms with Crippen molar-refractivity contribution in [3.05, 3.63) is 29.8 Å². The van der Waals surface area contributed by atoms with Crippen LogP contribution in [0.4, 0.5) is 0 Å². The number of sulfone groups is 1. The maximum Gasteiger partial charge on any atom is 0.252 e. The minimum absolute atomic E-state index is 0. The number of rotatable bonds is 3. The lowest BCUT2D eigenvalue weighted by molar-refractivity contribution is 0.0916. The SMILES string of the molecule is CC1NCCCC1NC(=O)c1ccccc1S(C)(=O)=O.Cl. The number of carbonyl (C=O) groups is 1. The van der Waals surface area contributed by atoms with Crippen LogP contribution in [0, 0.1) is 0 Å². The molecule has 2 unspecified atom stereocenters. The van der Waals surface area contributed by atoms with Crippen molar-refractivity contribution in [2.24, 2.45) is 0 Å². The molecule has 2 rings (SSSR count). The second kappa shape index (κ2) is 7.24. The van der Waals surface area contributed by atoms with Gasteiger partial charge in [0.1, 0.15) is 0 Å². The first kappa shape index (κ1) is 17.9. The Morgan fingerprint density at radius 3 is 2.62 bits per heavy atom. The quantitative estimate of drug-likeness (QED) is 0.877. The molecule has 21 heavy (non-hydrogen) atoms. The van der Waals surface area contributed by atoms with Gasteiger partial charge in [-0.2, -0.15) is 0 Å². The topological polar surface area (TPSA) is 75.3 Å². The molecule has 1 fully saturated rings. The van der Waals surface area contributed by atoms with E-state index in [1.807, 2.05) is 6.92 Å². The third-order valence-corrected chi connectivity index (χ3v) is 4.76. The van der Waals surface area contributed by atoms with Gasteiger partial charge in [0.05, 0.1) is 10.5 Å². The number of benzene rings is 1. The fraction of sp³-hybridized carbons (Fsp3) is 0.500. The van der Waals surface area contributed by atoms with Gasteiger partial charge in [-0.1, -0.05) is 12.1 Å². The zero-order valence-electron chi connectivity index (χ0n) is 12.1. The standard InChI is InChI=1S/C14H20N2O3S.ClH/c1-10-12(7-5-9-15-10)16-14(17)11-6-3-4-8-13(11)20(2,18)19;/h3-4,6,8,10,12,15H,5,7,9H2,1-2H3,(H,16,17);1H. The van der Waals surface area contributed by atoms with E-state index in [4.69, 9.17) is 0 Å². The number of piperidine rings is 1. The molecule has 7 heteroatoms. The average Bonchev–Trinajstić information content (AvgIpc) is 2.40. The van der Waals surface area contributed by atoms with Crippen LogP contribution in [0.5, 0.6) is 0 Å². The van der Waals surface area contributed by atoms with Crippen molar-refractivity contribution in [1.29, 1.82) is 0 Å². The Morgan fingerprint density at radius 1 is 1.33 bits per heavy atom. The summed E-state index contributed by atoms with van der Waals surface area (Å²) in [6, 6.07) is 6.53. The van der Waals surface area contributed by atoms with Crippen LogP contribution in [0.15, 0.2) is 29.2 Å². The highest BCUT2D eigenvalue weighted by molar-refractivity contribution is 7.90. The van der Waals surface area contributed by atoms with E-state index in [2.05, 4.69) is 10.6 Å². The third-order valence-electron chi connectivity index (χ3n) is 3.61. The normalized spacial score (nSPS) is 22.2. The number of hydrogen-bond donors (Lipinski definition) is 2. The Labute approximate surface area is 131 Å². The van der Waals surface area contributed by atoms with Crippen LogP contribution in [0.2, 0.25) is 0 Å². The molecule has 1 aliphatic rings. The predicted molar refractivity (Wildman–Crippen MR) is 84.8 cm³/mol. The highest BCUT2D eigenvalue weighted by Gasteiger charge is 2.25. The van der Waals surface area contributed by atoms with Gasteiger partial charge in [0.2, 0.25) is 0 Å². The molecule has 1 heterocycles. The molecule has 1 aromatic rings. The van der Waals surface area contributed by atoms with Gasteiger partial charge in [0, 0.05) is 18.3 Å². The van der Waals surface area contributed by atoms with Crippen molar-refractivity contribution in [2.75, 3.05) is 12.8 Å². The van der Waals surface area contributed by atoms with Crippen molar-refractivity contribution in [1.82, 2.24) is 10.6 Å². The van der Waals surface area contributed by atoms with Gasteiger partial charge >= 0.3 is 0 Å². The van der Waals surface area contributed by atoms with Crippen LogP contribution < -0.4 is 10.6 Å². The van der Waals surface area contributed by atoms with Gasteiger partial charge in [-0.25, -0.2) is 8.42 Å². The molecular formula is C14H21ClN2O3S. The number of nitrogens with one attached hydrogen (secondary N) is 2. The van der Waals surface area contributed by atoms with E-state index < -0.39 is 9.84 Å². The van der Waals surface area contributed by atoms with Crippen LogP contribution in [-0.2, 0) is 9.84 Å². The van der Waals surface area contributed by atoms with E-state index >= 15 is 0 Å². The fourth-order valence-electron chi connectivity index (χ4n) is 2.46. The van der Waals surface area contributed by atoms with E-state index in [9.17, 15) is 13.2 Å². The zero-order chi connectivity index (χ0) is 14.8. The smallest absolute Gasteiger partial charge is 0.252 e. The minimum atomic E-state index is -3.41. The molecule has 0 saturated carbocycles. The average molecular weight is 333 g/mol. The summed E-state index contributed by atoms with van der Waals surface area (Å²) in [5.41, 5.74) is 0.216. The molecule has 1 amide bonds. The van der Waals surface area contributed by atoms with Gasteiger partial charge in [-0.05, 0) is 38.4 Å². The van der Waals surface area contributed by atoms with Gasteiger partial charge in [0.25, 0.3) is 5.91 Å². The molecule has 1 saturated heterocycles. The van der Waals surface area contributed by atoms with Crippen molar-refractivity contribution in [2.45, 2.75) is 36.7 Å². The maximum absolute atomic E-state index is 12.3. The molecular weight excluding hydrogens is 312 g/mol. The van der Waals surface area contributed by atoms with Crippen molar-refractivity contribution >= 4 is 28.2 Å². The summed E-state index contributed by atoms with van der Waals surface area (Å²) in [6.45, 7) is 2.97. The first-order chi connectivity index (χ1) is 9.39. The molecule has 2 N–H and O–H groups in total. The summed E-state index contributed by atoms with van der Waals surface area (Å²) in [6.07, 6.45) is 3.02. The van der Waals surface area contributed by atoms with Gasteiger partial charge in [0.15, 0.2) is 9.84 Å². The van der Waals surface area contributed by atoms with E-state index in [0.717, 1.165) is 25.6 Å². The van der Waals surface area contributed by atoms with Crippen LogP contribution in [0.1, 0.15) is 30.1 Å². The summed E-state index contributed by atoms with van der Waals surface area (Å²) in [4.78, 5) is 12.4. The summed E-state index contributed by atoms with van der Waals surface area (Å²) >= 11 is 0. The second-order valence-electron chi connectivity index (χ2n) is 5.23. The Balaban J connectivity index is 0.00000220. The molecule has 0 aromatic heterocycles. The molecule has 0 radical (unpaired) electrons. The van der Waals surface area contributed by atoms with E-state index in [-0.39, 0.29) is 40.9 Å². The molecule has 2 atom stereocenters. The second-order valence-corrected chi connectivity index (χ2v) is 7.22. The van der Waals surface area contributed by atoms with E-state index in [1.54, 1.807) is 18.2 Å². The fourth-order valence-corrected chi connectivity index (χ4v) is 3.35. The largest absolute Gasteiger partial charge is 0.348 e. The number of halogens is 1. The van der Waals surface area contributed by atoms with Crippen molar-refractivity contribution in [3.8, 4) is 0 Å². The van der Waals surface area contributed by atoms with Gasteiger partial charge in [-0.15, -0.1) is 12.4 Å². The molecule has 1 aromatic carbocycles. The van der Waals surface area contributed by atoms with Crippen LogP contribution in [-0.4, -0.2) is 39.2 Å². The molecule has 5 nitrogen and oxygen atoms in total. The first-order valence-corrected chi connectivity index (χ1v) is 8.62. The maximum atomic E-state index is 12.3. The van der Waals surface area contributed by atoms with Gasteiger partial charge < -0.3 is 10.6 Å². The lowest BCUT2D eigenvalue weighted by Gasteiger charge is -2.30. The summed E-state index contributed by atoms with van der Waals surface area (Å²) in [7, 11) is -3.41.